The second-order valence-electron chi connectivity index (χ2n) is 8.39. The molecular formula is C23H24N6O4. The molecule has 5 amide bonds. The Hall–Kier alpha value is -3.95. The number of fused-ring (bicyclic) bond motifs is 1. The highest BCUT2D eigenvalue weighted by molar-refractivity contribution is 6.05. The van der Waals surface area contributed by atoms with E-state index in [-0.39, 0.29) is 30.8 Å². The number of imide groups is 1. The van der Waals surface area contributed by atoms with E-state index in [4.69, 9.17) is 0 Å². The number of carbonyl (C=O) groups excluding carboxylic acids is 4. The molecule has 2 saturated heterocycles. The van der Waals surface area contributed by atoms with E-state index < -0.39 is 11.9 Å². The maximum Gasteiger partial charge on any atom is 0.321 e. The van der Waals surface area contributed by atoms with Crippen LogP contribution in [0.5, 0.6) is 0 Å². The molecule has 10 nitrogen and oxygen atoms in total. The third-order valence-corrected chi connectivity index (χ3v) is 6.35. The standard InChI is InChI=1S/C23H24N6O4/c30-20-6-5-19(21(31)26-20)29-14-15-12-16(3-4-18(15)22(29)32)25-23(33)28-10-8-27(9-11-28)17-2-1-7-24-13-17/h1-4,7,12-13,19H,5-6,8-11,14H2,(H,25,33)(H,26,30,31). The van der Waals surface area contributed by atoms with Crippen molar-refractivity contribution in [3.63, 3.8) is 0 Å². The Balaban J connectivity index is 1.20. The van der Waals surface area contributed by atoms with E-state index in [2.05, 4.69) is 20.5 Å². The predicted octanol–water partition coefficient (Wildman–Crippen LogP) is 1.20. The Morgan fingerprint density at radius 1 is 1.09 bits per heavy atom. The predicted molar refractivity (Wildman–Crippen MR) is 120 cm³/mol. The average Bonchev–Trinajstić information content (AvgIpc) is 3.15. The van der Waals surface area contributed by atoms with Crippen molar-refractivity contribution in [1.82, 2.24) is 20.1 Å². The number of carbonyl (C=O) groups is 4. The van der Waals surface area contributed by atoms with Crippen LogP contribution in [0.2, 0.25) is 0 Å². The molecule has 0 aliphatic carbocycles. The second-order valence-corrected chi connectivity index (χ2v) is 8.39. The molecule has 10 heteroatoms. The molecule has 33 heavy (non-hydrogen) atoms. The van der Waals surface area contributed by atoms with Crippen molar-refractivity contribution in [3.05, 3.63) is 53.9 Å². The van der Waals surface area contributed by atoms with Gasteiger partial charge < -0.3 is 20.0 Å². The summed E-state index contributed by atoms with van der Waals surface area (Å²) in [5, 5.41) is 5.22. The number of urea groups is 1. The van der Waals surface area contributed by atoms with Gasteiger partial charge in [-0.15, -0.1) is 0 Å². The summed E-state index contributed by atoms with van der Waals surface area (Å²) >= 11 is 0. The van der Waals surface area contributed by atoms with Crippen molar-refractivity contribution >= 4 is 35.1 Å². The first-order valence-electron chi connectivity index (χ1n) is 11.0. The lowest BCUT2D eigenvalue weighted by atomic mass is 10.0. The van der Waals surface area contributed by atoms with Gasteiger partial charge in [-0.2, -0.15) is 0 Å². The SMILES string of the molecule is O=C1CCC(N2Cc3cc(NC(=O)N4CCN(c5cccnc5)CC4)ccc3C2=O)C(=O)N1. The molecule has 1 aromatic carbocycles. The Morgan fingerprint density at radius 3 is 2.64 bits per heavy atom. The minimum atomic E-state index is -0.656. The number of amides is 5. The molecule has 4 heterocycles. The lowest BCUT2D eigenvalue weighted by Crippen LogP contribution is -2.52. The topological polar surface area (TPSA) is 115 Å². The first-order valence-corrected chi connectivity index (χ1v) is 11.0. The fraction of sp³-hybridized carbons (Fsp3) is 0.348. The zero-order valence-corrected chi connectivity index (χ0v) is 18.0. The largest absolute Gasteiger partial charge is 0.367 e. The van der Waals surface area contributed by atoms with Gasteiger partial charge in [0.1, 0.15) is 6.04 Å². The van der Waals surface area contributed by atoms with Gasteiger partial charge in [0.15, 0.2) is 0 Å². The number of nitrogens with one attached hydrogen (secondary N) is 2. The van der Waals surface area contributed by atoms with Crippen molar-refractivity contribution in [2.75, 3.05) is 36.4 Å². The van der Waals surface area contributed by atoms with Gasteiger partial charge in [0.05, 0.1) is 11.9 Å². The molecule has 0 saturated carbocycles. The van der Waals surface area contributed by atoms with E-state index in [1.807, 2.05) is 18.3 Å². The van der Waals surface area contributed by atoms with Gasteiger partial charge in [-0.1, -0.05) is 0 Å². The number of hydrogen-bond donors (Lipinski definition) is 2. The lowest BCUT2D eigenvalue weighted by molar-refractivity contribution is -0.136. The van der Waals surface area contributed by atoms with Crippen molar-refractivity contribution in [3.8, 4) is 0 Å². The summed E-state index contributed by atoms with van der Waals surface area (Å²) in [5.74, 6) is -0.984. The number of piperidine rings is 1. The fourth-order valence-corrected chi connectivity index (χ4v) is 4.56. The van der Waals surface area contributed by atoms with Crippen LogP contribution >= 0.6 is 0 Å². The molecule has 1 unspecified atom stereocenters. The second kappa shape index (κ2) is 8.53. The number of nitrogens with zero attached hydrogens (tertiary/aromatic N) is 4. The third kappa shape index (κ3) is 4.11. The summed E-state index contributed by atoms with van der Waals surface area (Å²) in [6, 6.07) is 8.22. The average molecular weight is 448 g/mol. The third-order valence-electron chi connectivity index (χ3n) is 6.35. The zero-order chi connectivity index (χ0) is 22.9. The molecule has 1 atom stereocenters. The normalized spacial score (nSPS) is 20.5. The van der Waals surface area contributed by atoms with Gasteiger partial charge in [-0.25, -0.2) is 4.79 Å². The highest BCUT2D eigenvalue weighted by Crippen LogP contribution is 2.29. The van der Waals surface area contributed by atoms with Gasteiger partial charge in [-0.05, 0) is 42.3 Å². The summed E-state index contributed by atoms with van der Waals surface area (Å²) in [7, 11) is 0. The van der Waals surface area contributed by atoms with Crippen molar-refractivity contribution < 1.29 is 19.2 Å². The molecular weight excluding hydrogens is 424 g/mol. The van der Waals surface area contributed by atoms with E-state index >= 15 is 0 Å². The van der Waals surface area contributed by atoms with Crippen LogP contribution in [0.4, 0.5) is 16.2 Å². The monoisotopic (exact) mass is 448 g/mol. The molecule has 2 aromatic rings. The minimum Gasteiger partial charge on any atom is -0.367 e. The molecule has 5 rings (SSSR count). The molecule has 3 aliphatic rings. The summed E-state index contributed by atoms with van der Waals surface area (Å²) in [6.07, 6.45) is 4.09. The zero-order valence-electron chi connectivity index (χ0n) is 18.0. The minimum absolute atomic E-state index is 0.188. The summed E-state index contributed by atoms with van der Waals surface area (Å²) < 4.78 is 0. The molecule has 0 spiro atoms. The van der Waals surface area contributed by atoms with E-state index in [1.165, 1.54) is 4.90 Å². The molecule has 2 N–H and O–H groups in total. The van der Waals surface area contributed by atoms with Gasteiger partial charge >= 0.3 is 6.03 Å². The van der Waals surface area contributed by atoms with Gasteiger partial charge in [0.2, 0.25) is 11.8 Å². The Kier molecular flexibility index (Phi) is 5.41. The van der Waals surface area contributed by atoms with Crippen LogP contribution in [-0.4, -0.2) is 70.8 Å². The molecule has 0 bridgehead atoms. The molecule has 2 fully saturated rings. The highest BCUT2D eigenvalue weighted by Gasteiger charge is 2.39. The van der Waals surface area contributed by atoms with Gasteiger partial charge in [0.25, 0.3) is 5.91 Å². The molecule has 1 aromatic heterocycles. The van der Waals surface area contributed by atoms with Crippen LogP contribution in [0.15, 0.2) is 42.7 Å². The van der Waals surface area contributed by atoms with Gasteiger partial charge in [-0.3, -0.25) is 24.7 Å². The van der Waals surface area contributed by atoms with E-state index in [1.54, 1.807) is 29.3 Å². The quantitative estimate of drug-likeness (QED) is 0.682. The van der Waals surface area contributed by atoms with Crippen LogP contribution in [0, 0.1) is 0 Å². The number of anilines is 2. The maximum atomic E-state index is 12.8. The highest BCUT2D eigenvalue weighted by atomic mass is 16.2. The summed E-state index contributed by atoms with van der Waals surface area (Å²) in [6.45, 7) is 2.90. The van der Waals surface area contributed by atoms with Crippen LogP contribution in [0.25, 0.3) is 0 Å². The van der Waals surface area contributed by atoms with Gasteiger partial charge in [0, 0.05) is 56.6 Å². The number of piperazine rings is 1. The Bertz CT molecular complexity index is 1110. The van der Waals surface area contributed by atoms with Crippen LogP contribution in [0.3, 0.4) is 0 Å². The maximum absolute atomic E-state index is 12.8. The van der Waals surface area contributed by atoms with E-state index in [9.17, 15) is 19.2 Å². The van der Waals surface area contributed by atoms with Crippen molar-refractivity contribution in [2.45, 2.75) is 25.4 Å². The smallest absolute Gasteiger partial charge is 0.321 e. The summed E-state index contributed by atoms with van der Waals surface area (Å²) in [4.78, 5) is 58.8. The van der Waals surface area contributed by atoms with Crippen LogP contribution < -0.4 is 15.5 Å². The number of aromatic nitrogens is 1. The van der Waals surface area contributed by atoms with Crippen molar-refractivity contribution in [1.29, 1.82) is 0 Å². The Labute approximate surface area is 190 Å². The first kappa shape index (κ1) is 20.9. The van der Waals surface area contributed by atoms with Crippen LogP contribution in [-0.2, 0) is 16.1 Å². The lowest BCUT2D eigenvalue weighted by Gasteiger charge is -2.35. The van der Waals surface area contributed by atoms with E-state index in [0.717, 1.165) is 24.3 Å². The first-order chi connectivity index (χ1) is 16.0. The van der Waals surface area contributed by atoms with Crippen LogP contribution in [0.1, 0.15) is 28.8 Å². The number of rotatable bonds is 3. The summed E-state index contributed by atoms with van der Waals surface area (Å²) in [5.41, 5.74) is 2.92. The molecule has 0 radical (unpaired) electrons. The fourth-order valence-electron chi connectivity index (χ4n) is 4.56. The Morgan fingerprint density at radius 2 is 1.91 bits per heavy atom. The van der Waals surface area contributed by atoms with Crippen molar-refractivity contribution in [2.24, 2.45) is 0 Å². The number of pyridine rings is 1. The molecule has 3 aliphatic heterocycles. The van der Waals surface area contributed by atoms with E-state index in [0.29, 0.717) is 30.8 Å². The number of benzene rings is 1. The number of hydrogen-bond acceptors (Lipinski definition) is 6. The molecule has 170 valence electrons.